The highest BCUT2D eigenvalue weighted by atomic mass is 15.3. The second-order valence-corrected chi connectivity index (χ2v) is 13.7. The van der Waals surface area contributed by atoms with Crippen LogP contribution in [0.4, 0.5) is 11.4 Å². The average molecular weight is 564 g/mol. The Hall–Kier alpha value is -4.88. The van der Waals surface area contributed by atoms with Crippen LogP contribution in [0.25, 0.3) is 33.4 Å². The summed E-state index contributed by atoms with van der Waals surface area (Å²) in [4.78, 5) is 2.62. The molecule has 44 heavy (non-hydrogen) atoms. The van der Waals surface area contributed by atoms with Gasteiger partial charge in [0.1, 0.15) is 0 Å². The minimum atomic E-state index is -0.285. The third-order valence-electron chi connectivity index (χ3n) is 12.0. The van der Waals surface area contributed by atoms with E-state index in [4.69, 9.17) is 0 Å². The Balaban J connectivity index is 1.17. The van der Waals surface area contributed by atoms with Crippen molar-refractivity contribution < 1.29 is 0 Å². The Labute approximate surface area is 259 Å². The lowest BCUT2D eigenvalue weighted by atomic mass is 9.55. The van der Waals surface area contributed by atoms with Gasteiger partial charge in [-0.05, 0) is 111 Å². The quantitative estimate of drug-likeness (QED) is 0.202. The van der Waals surface area contributed by atoms with E-state index in [1.165, 1.54) is 85.4 Å². The summed E-state index contributed by atoms with van der Waals surface area (Å²) in [6.45, 7) is 4.95. The van der Waals surface area contributed by atoms with Gasteiger partial charge < -0.3 is 4.90 Å². The van der Waals surface area contributed by atoms with Gasteiger partial charge in [-0.3, -0.25) is 0 Å². The highest BCUT2D eigenvalue weighted by molar-refractivity contribution is 5.96. The maximum absolute atomic E-state index is 2.62. The van der Waals surface area contributed by atoms with E-state index in [0.29, 0.717) is 0 Å². The average Bonchev–Trinajstić information content (AvgIpc) is 3.59. The van der Waals surface area contributed by atoms with Gasteiger partial charge in [0.15, 0.2) is 0 Å². The summed E-state index contributed by atoms with van der Waals surface area (Å²) >= 11 is 0. The van der Waals surface area contributed by atoms with Gasteiger partial charge in [-0.15, -0.1) is 0 Å². The molecule has 10 rings (SSSR count). The maximum atomic E-state index is 2.62. The molecule has 1 fully saturated rings. The van der Waals surface area contributed by atoms with Gasteiger partial charge >= 0.3 is 0 Å². The topological polar surface area (TPSA) is 3.24 Å². The van der Waals surface area contributed by atoms with E-state index in [9.17, 15) is 0 Å². The van der Waals surface area contributed by atoms with E-state index in [1.807, 2.05) is 0 Å². The first kappa shape index (κ1) is 24.6. The van der Waals surface area contributed by atoms with Crippen LogP contribution >= 0.6 is 0 Å². The van der Waals surface area contributed by atoms with Crippen molar-refractivity contribution in [3.8, 4) is 33.4 Å². The molecular weight excluding hydrogens is 530 g/mol. The van der Waals surface area contributed by atoms with Crippen LogP contribution in [-0.2, 0) is 10.8 Å². The molecule has 4 aliphatic rings. The molecule has 6 aromatic rings. The Kier molecular flexibility index (Phi) is 4.57. The summed E-state index contributed by atoms with van der Waals surface area (Å²) in [5.74, 6) is 0. The predicted octanol–water partition coefficient (Wildman–Crippen LogP) is 10.7. The smallest absolute Gasteiger partial charge is 0.0725 e. The zero-order chi connectivity index (χ0) is 29.3. The van der Waals surface area contributed by atoms with Crippen molar-refractivity contribution in [3.05, 3.63) is 167 Å². The highest BCUT2D eigenvalue weighted by Gasteiger charge is 2.63. The number of anilines is 2. The number of hydrogen-bond donors (Lipinski definition) is 0. The van der Waals surface area contributed by atoms with Crippen LogP contribution in [0.1, 0.15) is 54.5 Å². The van der Waals surface area contributed by atoms with Crippen molar-refractivity contribution >= 4 is 11.4 Å². The maximum Gasteiger partial charge on any atom is 0.0725 e. The molecule has 210 valence electrons. The van der Waals surface area contributed by atoms with Crippen LogP contribution in [0.3, 0.4) is 0 Å². The van der Waals surface area contributed by atoms with Crippen LogP contribution in [0.15, 0.2) is 140 Å². The Morgan fingerprint density at radius 1 is 0.455 bits per heavy atom. The normalized spacial score (nSPS) is 22.5. The number of nitrogens with zero attached hydrogens (tertiary/aromatic N) is 1. The van der Waals surface area contributed by atoms with Crippen LogP contribution in [0, 0.1) is 0 Å². The van der Waals surface area contributed by atoms with E-state index < -0.39 is 0 Å². The van der Waals surface area contributed by atoms with Gasteiger partial charge in [0, 0.05) is 16.8 Å². The molecule has 6 aromatic carbocycles. The molecule has 2 unspecified atom stereocenters. The number of para-hydroxylation sites is 1. The number of fused-ring (bicyclic) bond motifs is 13. The SMILES string of the molecule is CC12CCC1(C)N(c1ccccc1)c1ccc(-c3ccc4c(c3)-c3ccccc3C43c4ccccc4-c4ccccc43)cc12. The minimum absolute atomic E-state index is 0.0990. The lowest BCUT2D eigenvalue weighted by Crippen LogP contribution is -2.60. The van der Waals surface area contributed by atoms with Gasteiger partial charge in [-0.2, -0.15) is 0 Å². The molecule has 0 bridgehead atoms. The zero-order valence-electron chi connectivity index (χ0n) is 25.1. The monoisotopic (exact) mass is 563 g/mol. The summed E-state index contributed by atoms with van der Waals surface area (Å²) in [7, 11) is 0. The predicted molar refractivity (Wildman–Crippen MR) is 182 cm³/mol. The first-order valence-electron chi connectivity index (χ1n) is 16.0. The number of benzene rings is 6. The molecule has 1 heterocycles. The third-order valence-corrected chi connectivity index (χ3v) is 12.0. The van der Waals surface area contributed by atoms with Crippen molar-refractivity contribution in [3.63, 3.8) is 0 Å². The number of hydrogen-bond acceptors (Lipinski definition) is 1. The molecule has 1 spiro atoms. The summed E-state index contributed by atoms with van der Waals surface area (Å²) in [6, 6.07) is 52.7. The standard InChI is InChI=1S/C43H33N/c1-41-24-25-42(41,2)44(30-12-4-3-5-13-30)40-23-21-29(27-39(40)41)28-20-22-38-34(26-28)33-16-8-11-19-37(33)43(38)35-17-9-6-14-31(35)32-15-7-10-18-36(32)43/h3-23,26-27H,24-25H2,1-2H3. The summed E-state index contributed by atoms with van der Waals surface area (Å²) in [5, 5.41) is 0. The van der Waals surface area contributed by atoms with Crippen LogP contribution in [0.2, 0.25) is 0 Å². The first-order chi connectivity index (χ1) is 21.6. The largest absolute Gasteiger partial charge is 0.334 e. The summed E-state index contributed by atoms with van der Waals surface area (Å²) in [5.41, 5.74) is 17.7. The van der Waals surface area contributed by atoms with Gasteiger partial charge in [-0.25, -0.2) is 0 Å². The van der Waals surface area contributed by atoms with E-state index in [2.05, 4.69) is 158 Å². The second kappa shape index (κ2) is 8.18. The molecule has 1 heteroatoms. The molecule has 1 aliphatic heterocycles. The van der Waals surface area contributed by atoms with Gasteiger partial charge in [0.05, 0.1) is 11.0 Å². The molecule has 0 aromatic heterocycles. The van der Waals surface area contributed by atoms with Gasteiger partial charge in [0.25, 0.3) is 0 Å². The van der Waals surface area contributed by atoms with E-state index >= 15 is 0 Å². The molecule has 1 nitrogen and oxygen atoms in total. The Morgan fingerprint density at radius 3 is 1.59 bits per heavy atom. The number of rotatable bonds is 2. The van der Waals surface area contributed by atoms with Gasteiger partial charge in [-0.1, -0.05) is 116 Å². The molecule has 0 radical (unpaired) electrons. The molecule has 0 amide bonds. The summed E-state index contributed by atoms with van der Waals surface area (Å²) < 4.78 is 0. The first-order valence-corrected chi connectivity index (χ1v) is 16.0. The van der Waals surface area contributed by atoms with Crippen LogP contribution in [-0.4, -0.2) is 5.54 Å². The summed E-state index contributed by atoms with van der Waals surface area (Å²) in [6.07, 6.45) is 2.44. The van der Waals surface area contributed by atoms with Crippen molar-refractivity contribution in [2.45, 2.75) is 43.1 Å². The fraction of sp³-hybridized carbons (Fsp3) is 0.163. The van der Waals surface area contributed by atoms with Crippen molar-refractivity contribution in [1.82, 2.24) is 0 Å². The van der Waals surface area contributed by atoms with E-state index in [1.54, 1.807) is 0 Å². The lowest BCUT2D eigenvalue weighted by Gasteiger charge is -2.56. The highest BCUT2D eigenvalue weighted by Crippen LogP contribution is 2.66. The van der Waals surface area contributed by atoms with Crippen LogP contribution < -0.4 is 4.90 Å². The molecule has 0 saturated heterocycles. The Bertz CT molecular complexity index is 2130. The molecule has 3 aliphatic carbocycles. The third kappa shape index (κ3) is 2.69. The molecule has 0 N–H and O–H groups in total. The molecule has 1 saturated carbocycles. The molecular formula is C43H33N. The van der Waals surface area contributed by atoms with Crippen molar-refractivity contribution in [1.29, 1.82) is 0 Å². The minimum Gasteiger partial charge on any atom is -0.334 e. The van der Waals surface area contributed by atoms with Crippen molar-refractivity contribution in [2.24, 2.45) is 0 Å². The lowest BCUT2D eigenvalue weighted by molar-refractivity contribution is 0.133. The molecule has 2 atom stereocenters. The van der Waals surface area contributed by atoms with E-state index in [0.717, 1.165) is 0 Å². The second-order valence-electron chi connectivity index (χ2n) is 13.7. The zero-order valence-corrected chi connectivity index (χ0v) is 25.1. The Morgan fingerprint density at radius 2 is 0.977 bits per heavy atom. The van der Waals surface area contributed by atoms with E-state index in [-0.39, 0.29) is 16.4 Å². The fourth-order valence-electron chi connectivity index (χ4n) is 9.54. The van der Waals surface area contributed by atoms with Gasteiger partial charge in [0.2, 0.25) is 0 Å². The van der Waals surface area contributed by atoms with Crippen LogP contribution in [0.5, 0.6) is 0 Å². The fourth-order valence-corrected chi connectivity index (χ4v) is 9.54. The van der Waals surface area contributed by atoms with Crippen molar-refractivity contribution in [2.75, 3.05) is 4.90 Å².